The minimum absolute atomic E-state index is 0.105. The highest BCUT2D eigenvalue weighted by molar-refractivity contribution is 5.77. The van der Waals surface area contributed by atoms with Crippen molar-refractivity contribution in [1.29, 1.82) is 0 Å². The summed E-state index contributed by atoms with van der Waals surface area (Å²) in [5, 5.41) is 10.1. The molecule has 0 unspecified atom stereocenters. The fourth-order valence-electron chi connectivity index (χ4n) is 2.64. The van der Waals surface area contributed by atoms with Gasteiger partial charge in [-0.3, -0.25) is 9.78 Å². The summed E-state index contributed by atoms with van der Waals surface area (Å²) in [6.45, 7) is 12.8. The van der Waals surface area contributed by atoms with Crippen LogP contribution >= 0.6 is 0 Å². The molecule has 1 aromatic heterocycles. The summed E-state index contributed by atoms with van der Waals surface area (Å²) >= 11 is 0. The van der Waals surface area contributed by atoms with Gasteiger partial charge in [-0.05, 0) is 39.3 Å². The van der Waals surface area contributed by atoms with Crippen LogP contribution in [0.2, 0.25) is 0 Å². The molecule has 0 aliphatic heterocycles. The summed E-state index contributed by atoms with van der Waals surface area (Å²) in [7, 11) is 0. The lowest BCUT2D eigenvalue weighted by atomic mass is 10.0. The second-order valence-corrected chi connectivity index (χ2v) is 7.20. The summed E-state index contributed by atoms with van der Waals surface area (Å²) in [5.41, 5.74) is 1.67. The smallest absolute Gasteiger partial charge is 0.226 e. The first kappa shape index (κ1) is 22.8. The van der Waals surface area contributed by atoms with Gasteiger partial charge in [0.1, 0.15) is 5.60 Å². The Kier molecular flexibility index (Phi) is 9.73. The number of nitrogens with zero attached hydrogens (tertiary/aromatic N) is 2. The quantitative estimate of drug-likeness (QED) is 0.581. The predicted octanol–water partition coefficient (Wildman–Crippen LogP) is 4.56. The molecule has 1 rings (SSSR count). The number of carbonyl (C=O) groups excluding carboxylic acids is 1. The molecule has 1 heterocycles. The molecule has 148 valence electrons. The van der Waals surface area contributed by atoms with Crippen LogP contribution < -0.4 is 0 Å². The molecular formula is C23H34N2O2. The van der Waals surface area contributed by atoms with E-state index in [0.29, 0.717) is 31.6 Å². The average molecular weight is 371 g/mol. The van der Waals surface area contributed by atoms with Gasteiger partial charge in [0.25, 0.3) is 0 Å². The standard InChI is InChI=1S/C23H34N2O2/c1-6-12-19(3)13-9-8-10-16-22(26)25(7-2)18-17-20-14-11-15-21(24-20)23(4,5)27/h8-11,13-15,27H,3,6-7,12,16-18H2,1-2,4-5H3/b10-8-,13-9-. The second-order valence-electron chi connectivity index (χ2n) is 7.20. The van der Waals surface area contributed by atoms with Crippen LogP contribution in [0.4, 0.5) is 0 Å². The molecule has 0 atom stereocenters. The number of hydrogen-bond acceptors (Lipinski definition) is 3. The molecule has 1 amide bonds. The zero-order valence-corrected chi connectivity index (χ0v) is 17.2. The molecule has 0 aliphatic carbocycles. The van der Waals surface area contributed by atoms with Crippen molar-refractivity contribution in [3.8, 4) is 0 Å². The zero-order chi connectivity index (χ0) is 20.3. The minimum atomic E-state index is -0.961. The highest BCUT2D eigenvalue weighted by Gasteiger charge is 2.18. The van der Waals surface area contributed by atoms with E-state index >= 15 is 0 Å². The number of likely N-dealkylation sites (N-methyl/N-ethyl adjacent to an activating group) is 1. The fourth-order valence-corrected chi connectivity index (χ4v) is 2.64. The summed E-state index contributed by atoms with van der Waals surface area (Å²) in [4.78, 5) is 18.7. The Bertz CT molecular complexity index is 669. The maximum atomic E-state index is 12.4. The van der Waals surface area contributed by atoms with E-state index in [2.05, 4.69) is 18.5 Å². The Labute approximate surface area is 164 Å². The van der Waals surface area contributed by atoms with Gasteiger partial charge in [-0.15, -0.1) is 0 Å². The first-order valence-corrected chi connectivity index (χ1v) is 9.75. The lowest BCUT2D eigenvalue weighted by Crippen LogP contribution is -2.32. The molecule has 1 N–H and O–H groups in total. The van der Waals surface area contributed by atoms with E-state index in [4.69, 9.17) is 0 Å². The molecule has 0 saturated heterocycles. The number of carbonyl (C=O) groups is 1. The van der Waals surface area contributed by atoms with Gasteiger partial charge in [0.05, 0.1) is 5.69 Å². The molecule has 4 heteroatoms. The van der Waals surface area contributed by atoms with Crippen molar-refractivity contribution < 1.29 is 9.90 Å². The predicted molar refractivity (Wildman–Crippen MR) is 112 cm³/mol. The number of hydrogen-bond donors (Lipinski definition) is 1. The molecule has 0 aliphatic rings. The topological polar surface area (TPSA) is 53.4 Å². The average Bonchev–Trinajstić information content (AvgIpc) is 2.61. The van der Waals surface area contributed by atoms with Crippen LogP contribution in [0.3, 0.4) is 0 Å². The van der Waals surface area contributed by atoms with E-state index in [1.807, 2.05) is 54.3 Å². The van der Waals surface area contributed by atoms with E-state index in [9.17, 15) is 9.90 Å². The van der Waals surface area contributed by atoms with Crippen molar-refractivity contribution in [3.63, 3.8) is 0 Å². The summed E-state index contributed by atoms with van der Waals surface area (Å²) in [6.07, 6.45) is 10.9. The number of amides is 1. The third-order valence-electron chi connectivity index (χ3n) is 4.25. The van der Waals surface area contributed by atoms with Gasteiger partial charge in [-0.2, -0.15) is 0 Å². The van der Waals surface area contributed by atoms with Gasteiger partial charge in [-0.25, -0.2) is 0 Å². The number of aliphatic hydroxyl groups is 1. The molecule has 0 saturated carbocycles. The zero-order valence-electron chi connectivity index (χ0n) is 17.2. The maximum Gasteiger partial charge on any atom is 0.226 e. The number of pyridine rings is 1. The van der Waals surface area contributed by atoms with Crippen molar-refractivity contribution >= 4 is 5.91 Å². The largest absolute Gasteiger partial charge is 0.384 e. The van der Waals surface area contributed by atoms with Crippen LogP contribution in [0.25, 0.3) is 0 Å². The molecule has 1 aromatic rings. The Morgan fingerprint density at radius 1 is 1.30 bits per heavy atom. The highest BCUT2D eigenvalue weighted by atomic mass is 16.3. The van der Waals surface area contributed by atoms with Crippen LogP contribution in [0.15, 0.2) is 54.7 Å². The van der Waals surface area contributed by atoms with Crippen molar-refractivity contribution in [3.05, 3.63) is 66.0 Å². The fraction of sp³-hybridized carbons (Fsp3) is 0.478. The molecular weight excluding hydrogens is 336 g/mol. The first-order valence-electron chi connectivity index (χ1n) is 9.75. The van der Waals surface area contributed by atoms with Crippen molar-refractivity contribution in [1.82, 2.24) is 9.88 Å². The SMILES string of the molecule is C=C(/C=C\C=C/CC(=O)N(CC)CCc1cccc(C(C)(C)O)n1)CCC. The van der Waals surface area contributed by atoms with Crippen molar-refractivity contribution in [2.75, 3.05) is 13.1 Å². The first-order chi connectivity index (χ1) is 12.8. The summed E-state index contributed by atoms with van der Waals surface area (Å²) in [6, 6.07) is 5.65. The summed E-state index contributed by atoms with van der Waals surface area (Å²) < 4.78 is 0. The lowest BCUT2D eigenvalue weighted by Gasteiger charge is -2.21. The normalized spacial score (nSPS) is 12.0. The van der Waals surface area contributed by atoms with E-state index in [1.54, 1.807) is 13.8 Å². The summed E-state index contributed by atoms with van der Waals surface area (Å²) in [5.74, 6) is 0.105. The van der Waals surface area contributed by atoms with Crippen LogP contribution in [0.1, 0.15) is 58.3 Å². The molecule has 4 nitrogen and oxygen atoms in total. The van der Waals surface area contributed by atoms with Gasteiger partial charge in [0.2, 0.25) is 5.91 Å². The third kappa shape index (κ3) is 8.83. The minimum Gasteiger partial charge on any atom is -0.384 e. The van der Waals surface area contributed by atoms with E-state index in [1.165, 1.54) is 0 Å². The van der Waals surface area contributed by atoms with Crippen molar-refractivity contribution in [2.45, 2.75) is 59.0 Å². The molecule has 0 fully saturated rings. The maximum absolute atomic E-state index is 12.4. The van der Waals surface area contributed by atoms with Crippen LogP contribution in [-0.2, 0) is 16.8 Å². The van der Waals surface area contributed by atoms with Gasteiger partial charge in [-0.1, -0.05) is 55.9 Å². The third-order valence-corrected chi connectivity index (χ3v) is 4.25. The second kappa shape index (κ2) is 11.5. The number of rotatable bonds is 11. The molecule has 0 aromatic carbocycles. The monoisotopic (exact) mass is 370 g/mol. The van der Waals surface area contributed by atoms with Crippen molar-refractivity contribution in [2.24, 2.45) is 0 Å². The van der Waals surface area contributed by atoms with E-state index < -0.39 is 5.60 Å². The molecule has 27 heavy (non-hydrogen) atoms. The van der Waals surface area contributed by atoms with Gasteiger partial charge in [0, 0.05) is 31.6 Å². The van der Waals surface area contributed by atoms with Crippen LogP contribution in [0, 0.1) is 0 Å². The molecule has 0 spiro atoms. The Hall–Kier alpha value is -2.20. The highest BCUT2D eigenvalue weighted by Crippen LogP contribution is 2.17. The van der Waals surface area contributed by atoms with E-state index in [-0.39, 0.29) is 5.91 Å². The van der Waals surface area contributed by atoms with Gasteiger partial charge < -0.3 is 10.0 Å². The van der Waals surface area contributed by atoms with Gasteiger partial charge >= 0.3 is 0 Å². The van der Waals surface area contributed by atoms with E-state index in [0.717, 1.165) is 24.1 Å². The molecule has 0 bridgehead atoms. The number of allylic oxidation sites excluding steroid dienone is 4. The Morgan fingerprint density at radius 3 is 2.67 bits per heavy atom. The van der Waals surface area contributed by atoms with Crippen LogP contribution in [-0.4, -0.2) is 34.0 Å². The Balaban J connectivity index is 2.53. The number of aromatic nitrogens is 1. The van der Waals surface area contributed by atoms with Gasteiger partial charge in [0.15, 0.2) is 0 Å². The lowest BCUT2D eigenvalue weighted by molar-refractivity contribution is -0.130. The molecule has 0 radical (unpaired) electrons. The van der Waals surface area contributed by atoms with Crippen LogP contribution in [0.5, 0.6) is 0 Å². The Morgan fingerprint density at radius 2 is 2.04 bits per heavy atom.